The summed E-state index contributed by atoms with van der Waals surface area (Å²) in [4.78, 5) is 20.6. The summed E-state index contributed by atoms with van der Waals surface area (Å²) in [6.45, 7) is 8.91. The molecule has 0 aliphatic rings. The van der Waals surface area contributed by atoms with Gasteiger partial charge in [0.05, 0.1) is 12.8 Å². The maximum absolute atomic E-state index is 10.4. The lowest BCUT2D eigenvalue weighted by atomic mass is 10.2. The molecule has 8 heteroatoms. The molecule has 0 fully saturated rings. The molecule has 1 unspecified atom stereocenters. The van der Waals surface area contributed by atoms with Crippen molar-refractivity contribution in [1.82, 2.24) is 10.6 Å². The van der Waals surface area contributed by atoms with Crippen molar-refractivity contribution in [3.05, 3.63) is 42.0 Å². The van der Waals surface area contributed by atoms with E-state index in [2.05, 4.69) is 49.3 Å². The van der Waals surface area contributed by atoms with Gasteiger partial charge in [-0.1, -0.05) is 46.3 Å². The van der Waals surface area contributed by atoms with Crippen LogP contribution in [0.15, 0.2) is 36.4 Å². The fraction of sp³-hybridized carbons (Fsp3) is 0.583. The Morgan fingerprint density at radius 3 is 2.19 bits per heavy atom. The molecule has 0 heterocycles. The predicted octanol–water partition coefficient (Wildman–Crippen LogP) is 6.14. The van der Waals surface area contributed by atoms with E-state index in [0.29, 0.717) is 12.2 Å². The Morgan fingerprint density at radius 1 is 1.19 bits per heavy atom. The van der Waals surface area contributed by atoms with Crippen molar-refractivity contribution >= 4 is 36.8 Å². The molecule has 3 N–H and O–H groups in total. The van der Waals surface area contributed by atoms with Gasteiger partial charge in [-0.2, -0.15) is 24.4 Å². The van der Waals surface area contributed by atoms with E-state index < -0.39 is 6.09 Å². The summed E-state index contributed by atoms with van der Waals surface area (Å²) >= 11 is 5.81. The van der Waals surface area contributed by atoms with E-state index in [1.165, 1.54) is 6.42 Å². The standard InChI is InChI=1S/C13H16O2S.C6H14N2O2S.C3H8.C2H6/c14-11-12-5-7-13(8-6-12)15-9-3-1-2-4-10-16;1-7-5(3-4-11-2)8-6(9)10;1-3-2;1-2/h1-2,5-8,11,16H,3-4,9-10H2;5,7-8H,3-4H2,1-2H3,(H,9,10);3H2,1-2H3;1-2H3/b2-1+;;;. The quantitative estimate of drug-likeness (QED) is 0.0929. The maximum atomic E-state index is 10.4. The molecule has 1 atom stereocenters. The Hall–Kier alpha value is -1.64. The summed E-state index contributed by atoms with van der Waals surface area (Å²) in [5.74, 6) is 2.63. The molecule has 1 aromatic carbocycles. The van der Waals surface area contributed by atoms with Crippen molar-refractivity contribution in [3.63, 3.8) is 0 Å². The molecule has 0 radical (unpaired) electrons. The number of rotatable bonds is 12. The van der Waals surface area contributed by atoms with E-state index in [4.69, 9.17) is 9.84 Å². The highest BCUT2D eigenvalue weighted by atomic mass is 32.2. The van der Waals surface area contributed by atoms with Crippen molar-refractivity contribution in [1.29, 1.82) is 0 Å². The minimum Gasteiger partial charge on any atom is -0.493 e. The second-order valence-electron chi connectivity index (χ2n) is 6.09. The Morgan fingerprint density at radius 2 is 1.75 bits per heavy atom. The van der Waals surface area contributed by atoms with Crippen LogP contribution < -0.4 is 15.4 Å². The molecule has 0 aliphatic carbocycles. The molecule has 1 amide bonds. The molecule has 1 aromatic rings. The number of benzene rings is 1. The van der Waals surface area contributed by atoms with E-state index in [1.807, 2.05) is 20.1 Å². The lowest BCUT2D eigenvalue weighted by molar-refractivity contribution is 0.112. The number of carbonyl (C=O) groups is 2. The predicted molar refractivity (Wildman–Crippen MR) is 144 cm³/mol. The topological polar surface area (TPSA) is 87.7 Å². The smallest absolute Gasteiger partial charge is 0.405 e. The number of aldehydes is 1. The highest BCUT2D eigenvalue weighted by Gasteiger charge is 2.06. The third kappa shape index (κ3) is 26.4. The molecule has 186 valence electrons. The minimum absolute atomic E-state index is 0.125. The molecule has 0 bridgehead atoms. The van der Waals surface area contributed by atoms with Crippen molar-refractivity contribution in [2.45, 2.75) is 59.5 Å². The molecule has 1 rings (SSSR count). The lowest BCUT2D eigenvalue weighted by Crippen LogP contribution is -2.43. The molecule has 0 spiro atoms. The molecular weight excluding hydrogens is 444 g/mol. The van der Waals surface area contributed by atoms with Crippen LogP contribution >= 0.6 is 24.4 Å². The first kappa shape index (κ1) is 35.0. The normalized spacial score (nSPS) is 10.3. The van der Waals surface area contributed by atoms with Gasteiger partial charge in [-0.05, 0) is 68.3 Å². The Balaban J connectivity index is -0.000000458. The number of carbonyl (C=O) groups excluding carboxylic acids is 1. The van der Waals surface area contributed by atoms with Crippen LogP contribution in [0.25, 0.3) is 0 Å². The average Bonchev–Trinajstić information content (AvgIpc) is 2.81. The lowest BCUT2D eigenvalue weighted by Gasteiger charge is -2.14. The highest BCUT2D eigenvalue weighted by Crippen LogP contribution is 2.11. The average molecular weight is 489 g/mol. The number of thiol groups is 1. The Kier molecular flexibility index (Phi) is 32.1. The number of ether oxygens (including phenoxy) is 1. The van der Waals surface area contributed by atoms with E-state index >= 15 is 0 Å². The third-order valence-electron chi connectivity index (χ3n) is 3.29. The van der Waals surface area contributed by atoms with Crippen LogP contribution in [-0.2, 0) is 0 Å². The molecule has 0 aromatic heterocycles. The fourth-order valence-electron chi connectivity index (χ4n) is 1.87. The van der Waals surface area contributed by atoms with Gasteiger partial charge >= 0.3 is 6.09 Å². The van der Waals surface area contributed by atoms with Crippen LogP contribution in [0.2, 0.25) is 0 Å². The molecule has 6 nitrogen and oxygen atoms in total. The zero-order valence-corrected chi connectivity index (χ0v) is 22.3. The maximum Gasteiger partial charge on any atom is 0.405 e. The van der Waals surface area contributed by atoms with Gasteiger partial charge in [-0.25, -0.2) is 4.79 Å². The Labute approximate surface area is 205 Å². The van der Waals surface area contributed by atoms with Gasteiger partial charge in [0.2, 0.25) is 0 Å². The summed E-state index contributed by atoms with van der Waals surface area (Å²) in [6.07, 6.45) is 9.86. The zero-order chi connectivity index (χ0) is 25.0. The van der Waals surface area contributed by atoms with Gasteiger partial charge in [-0.15, -0.1) is 0 Å². The first-order valence-electron chi connectivity index (χ1n) is 11.1. The van der Waals surface area contributed by atoms with Crippen LogP contribution in [0.3, 0.4) is 0 Å². The van der Waals surface area contributed by atoms with Gasteiger partial charge in [0, 0.05) is 5.56 Å². The largest absolute Gasteiger partial charge is 0.493 e. The van der Waals surface area contributed by atoms with Crippen molar-refractivity contribution in [3.8, 4) is 5.75 Å². The highest BCUT2D eigenvalue weighted by molar-refractivity contribution is 7.98. The van der Waals surface area contributed by atoms with Gasteiger partial charge in [-0.3, -0.25) is 4.79 Å². The van der Waals surface area contributed by atoms with Gasteiger partial charge < -0.3 is 20.5 Å². The van der Waals surface area contributed by atoms with Crippen molar-refractivity contribution in [2.75, 3.05) is 31.4 Å². The van der Waals surface area contributed by atoms with Crippen molar-refractivity contribution in [2.24, 2.45) is 0 Å². The second kappa shape index (κ2) is 29.4. The fourth-order valence-corrected chi connectivity index (χ4v) is 2.49. The van der Waals surface area contributed by atoms with Crippen LogP contribution in [0.5, 0.6) is 5.75 Å². The number of carboxylic acid groups (broad SMARTS) is 1. The summed E-state index contributed by atoms with van der Waals surface area (Å²) in [5, 5.41) is 13.6. The number of thioether (sulfide) groups is 1. The van der Waals surface area contributed by atoms with Crippen LogP contribution in [0, 0.1) is 0 Å². The number of amides is 1. The second-order valence-corrected chi connectivity index (χ2v) is 7.52. The molecule has 32 heavy (non-hydrogen) atoms. The van der Waals surface area contributed by atoms with Crippen LogP contribution in [0.4, 0.5) is 4.79 Å². The molecular formula is C24H44N2O4S2. The van der Waals surface area contributed by atoms with Gasteiger partial charge in [0.15, 0.2) is 0 Å². The van der Waals surface area contributed by atoms with Gasteiger partial charge in [0.25, 0.3) is 0 Å². The minimum atomic E-state index is -0.981. The monoisotopic (exact) mass is 488 g/mol. The van der Waals surface area contributed by atoms with Crippen molar-refractivity contribution < 1.29 is 19.4 Å². The van der Waals surface area contributed by atoms with Gasteiger partial charge in [0.1, 0.15) is 12.0 Å². The number of hydrogen-bond donors (Lipinski definition) is 4. The summed E-state index contributed by atoms with van der Waals surface area (Å²) in [5.41, 5.74) is 0.668. The molecule has 0 saturated carbocycles. The zero-order valence-electron chi connectivity index (χ0n) is 20.6. The SMILES string of the molecule is CC.CCC.CNC(CCSC)NC(=O)O.O=Cc1ccc(OCC/C=C/CCS)cc1. The van der Waals surface area contributed by atoms with E-state index in [9.17, 15) is 9.59 Å². The first-order chi connectivity index (χ1) is 15.5. The molecule has 0 aliphatic heterocycles. The summed E-state index contributed by atoms with van der Waals surface area (Å²) in [7, 11) is 1.74. The van der Waals surface area contributed by atoms with Crippen LogP contribution in [-0.4, -0.2) is 55.1 Å². The van der Waals surface area contributed by atoms with E-state index in [0.717, 1.165) is 42.8 Å². The van der Waals surface area contributed by atoms with E-state index in [-0.39, 0.29) is 6.17 Å². The Bertz CT molecular complexity index is 555. The first-order valence-corrected chi connectivity index (χ1v) is 13.1. The number of allylic oxidation sites excluding steroid dienone is 1. The third-order valence-corrected chi connectivity index (χ3v) is 4.19. The summed E-state index contributed by atoms with van der Waals surface area (Å²) < 4.78 is 5.50. The van der Waals surface area contributed by atoms with Crippen LogP contribution in [0.1, 0.15) is 63.7 Å². The number of hydrogen-bond acceptors (Lipinski definition) is 6. The van der Waals surface area contributed by atoms with E-state index in [1.54, 1.807) is 43.1 Å². The molecule has 0 saturated heterocycles. The summed E-state index contributed by atoms with van der Waals surface area (Å²) in [6, 6.07) is 7.11. The number of nitrogens with one attached hydrogen (secondary N) is 2.